The van der Waals surface area contributed by atoms with Crippen LogP contribution in [0.3, 0.4) is 0 Å². The van der Waals surface area contributed by atoms with Crippen LogP contribution in [0.2, 0.25) is 0 Å². The summed E-state index contributed by atoms with van der Waals surface area (Å²) in [5, 5.41) is 8.77. The van der Waals surface area contributed by atoms with E-state index in [1.54, 1.807) is 67.0 Å². The fourth-order valence-corrected chi connectivity index (χ4v) is 6.25. The topological polar surface area (TPSA) is 113 Å². The molecule has 0 radical (unpaired) electrons. The average molecular weight is 634 g/mol. The summed E-state index contributed by atoms with van der Waals surface area (Å²) >= 11 is 2.85. The van der Waals surface area contributed by atoms with Crippen molar-refractivity contribution in [2.24, 2.45) is 0 Å². The summed E-state index contributed by atoms with van der Waals surface area (Å²) in [5.74, 6) is -1.05. The summed E-state index contributed by atoms with van der Waals surface area (Å²) in [4.78, 5) is 50.2. The monoisotopic (exact) mass is 633 g/mol. The van der Waals surface area contributed by atoms with Gasteiger partial charge in [0.2, 0.25) is 5.91 Å². The number of benzene rings is 3. The average Bonchev–Trinajstić information content (AvgIpc) is 3.44. The van der Waals surface area contributed by atoms with Gasteiger partial charge in [0.25, 0.3) is 11.8 Å². The second-order valence-corrected chi connectivity index (χ2v) is 12.4. The van der Waals surface area contributed by atoms with E-state index in [1.807, 2.05) is 62.4 Å². The molecule has 3 N–H and O–H groups in total. The van der Waals surface area contributed by atoms with Crippen LogP contribution in [0.5, 0.6) is 0 Å². The van der Waals surface area contributed by atoms with E-state index in [0.29, 0.717) is 28.4 Å². The molecule has 45 heavy (non-hydrogen) atoms. The lowest BCUT2D eigenvalue weighted by molar-refractivity contribution is -0.116. The van der Waals surface area contributed by atoms with Crippen LogP contribution in [0.25, 0.3) is 17.3 Å². The van der Waals surface area contributed by atoms with Crippen molar-refractivity contribution in [1.29, 1.82) is 0 Å². The summed E-state index contributed by atoms with van der Waals surface area (Å²) < 4.78 is 0. The van der Waals surface area contributed by atoms with Crippen molar-refractivity contribution in [3.05, 3.63) is 131 Å². The minimum Gasteiger partial charge on any atom is -0.321 e. The van der Waals surface area contributed by atoms with Crippen LogP contribution >= 0.6 is 23.1 Å². The molecule has 0 spiro atoms. The third-order valence-electron chi connectivity index (χ3n) is 6.63. The number of nitrogens with one attached hydrogen (secondary N) is 3. The first kappa shape index (κ1) is 31.4. The van der Waals surface area contributed by atoms with Gasteiger partial charge < -0.3 is 16.0 Å². The van der Waals surface area contributed by atoms with Gasteiger partial charge in [-0.2, -0.15) is 0 Å². The number of rotatable bonds is 11. The molecule has 0 bridgehead atoms. The van der Waals surface area contributed by atoms with Crippen molar-refractivity contribution in [1.82, 2.24) is 15.3 Å². The molecule has 8 nitrogen and oxygen atoms in total. The maximum Gasteiger partial charge on any atom is 0.272 e. The second-order valence-electron chi connectivity index (χ2n) is 9.94. The first-order valence-corrected chi connectivity index (χ1v) is 16.0. The number of anilines is 2. The lowest BCUT2D eigenvalue weighted by atomic mass is 10.1. The van der Waals surface area contributed by atoms with Gasteiger partial charge >= 0.3 is 0 Å². The number of aromatic nitrogens is 2. The highest BCUT2D eigenvalue weighted by molar-refractivity contribution is 8.00. The van der Waals surface area contributed by atoms with Gasteiger partial charge in [-0.3, -0.25) is 19.4 Å². The predicted octanol–water partition coefficient (Wildman–Crippen LogP) is 7.43. The second kappa shape index (κ2) is 15.1. The zero-order valence-electron chi connectivity index (χ0n) is 24.7. The molecule has 2 aromatic heterocycles. The molecule has 10 heteroatoms. The minimum absolute atomic E-state index is 0.0642. The van der Waals surface area contributed by atoms with Crippen LogP contribution in [0.1, 0.15) is 34.1 Å². The standard InChI is InChI=1S/C35H31N5O3S2/c1-3-30(34(43)40-35-39-31(23(2)44-35)25-13-6-4-7-14-25)45-28-18-10-17-27(21-28)37-33(42)29(20-24-12-11-19-36-22-24)38-32(41)26-15-8-5-9-16-26/h4-22,30H,3H2,1-2H3,(H,37,42)(H,38,41)(H,39,40,43)/b29-20-. The minimum atomic E-state index is -0.497. The number of amides is 3. The molecule has 1 unspecified atom stereocenters. The van der Waals surface area contributed by atoms with E-state index in [4.69, 9.17) is 0 Å². The highest BCUT2D eigenvalue weighted by Crippen LogP contribution is 2.32. The summed E-state index contributed by atoms with van der Waals surface area (Å²) in [7, 11) is 0. The Balaban J connectivity index is 1.27. The molecule has 0 saturated carbocycles. The Hall–Kier alpha value is -5.06. The Morgan fingerprint density at radius 1 is 0.911 bits per heavy atom. The van der Waals surface area contributed by atoms with Gasteiger partial charge in [-0.1, -0.05) is 67.6 Å². The van der Waals surface area contributed by atoms with Crippen LogP contribution in [0.15, 0.2) is 120 Å². The quantitative estimate of drug-likeness (QED) is 0.103. The fraction of sp³-hybridized carbons (Fsp3) is 0.114. The molecule has 0 aliphatic heterocycles. The van der Waals surface area contributed by atoms with Gasteiger partial charge in [-0.15, -0.1) is 23.1 Å². The number of pyridine rings is 1. The Morgan fingerprint density at radius 2 is 1.67 bits per heavy atom. The Kier molecular flexibility index (Phi) is 10.5. The maximum atomic E-state index is 13.4. The van der Waals surface area contributed by atoms with Gasteiger partial charge in [0, 0.05) is 39.0 Å². The normalized spacial score (nSPS) is 11.8. The number of carbonyl (C=O) groups excluding carboxylic acids is 3. The molecular formula is C35H31N5O3S2. The van der Waals surface area contributed by atoms with Gasteiger partial charge in [-0.05, 0) is 61.4 Å². The predicted molar refractivity (Wildman–Crippen MR) is 182 cm³/mol. The number of nitrogens with zero attached hydrogens (tertiary/aromatic N) is 2. The van der Waals surface area contributed by atoms with Crippen LogP contribution in [-0.4, -0.2) is 32.9 Å². The van der Waals surface area contributed by atoms with E-state index in [1.165, 1.54) is 23.1 Å². The third kappa shape index (κ3) is 8.53. The number of carbonyl (C=O) groups is 3. The largest absolute Gasteiger partial charge is 0.321 e. The van der Waals surface area contributed by atoms with Gasteiger partial charge in [-0.25, -0.2) is 4.98 Å². The van der Waals surface area contributed by atoms with Crippen LogP contribution in [0, 0.1) is 6.92 Å². The SMILES string of the molecule is CCC(Sc1cccc(NC(=O)/C(=C/c2cccnc2)NC(=O)c2ccccc2)c1)C(=O)Nc1nc(-c2ccccc2)c(C)s1. The van der Waals surface area contributed by atoms with Gasteiger partial charge in [0.15, 0.2) is 5.13 Å². The molecule has 2 heterocycles. The van der Waals surface area contributed by atoms with Crippen molar-refractivity contribution >= 4 is 57.7 Å². The maximum absolute atomic E-state index is 13.4. The van der Waals surface area contributed by atoms with Crippen molar-refractivity contribution in [3.8, 4) is 11.3 Å². The molecule has 5 aromatic rings. The number of hydrogen-bond acceptors (Lipinski definition) is 7. The molecule has 0 aliphatic carbocycles. The van der Waals surface area contributed by atoms with E-state index < -0.39 is 11.8 Å². The van der Waals surface area contributed by atoms with E-state index >= 15 is 0 Å². The van der Waals surface area contributed by atoms with Crippen molar-refractivity contribution in [2.45, 2.75) is 30.4 Å². The zero-order valence-corrected chi connectivity index (χ0v) is 26.3. The van der Waals surface area contributed by atoms with E-state index in [-0.39, 0.29) is 16.9 Å². The highest BCUT2D eigenvalue weighted by Gasteiger charge is 2.21. The summed E-state index contributed by atoms with van der Waals surface area (Å²) in [6, 6.07) is 29.4. The molecule has 3 amide bonds. The van der Waals surface area contributed by atoms with Crippen molar-refractivity contribution in [3.63, 3.8) is 0 Å². The molecular weight excluding hydrogens is 603 g/mol. The Morgan fingerprint density at radius 3 is 2.38 bits per heavy atom. The molecule has 226 valence electrons. The summed E-state index contributed by atoms with van der Waals surface area (Å²) in [6.07, 6.45) is 5.40. The zero-order chi connectivity index (χ0) is 31.6. The van der Waals surface area contributed by atoms with Crippen molar-refractivity contribution in [2.75, 3.05) is 10.6 Å². The Bertz CT molecular complexity index is 1810. The fourth-order valence-electron chi connectivity index (χ4n) is 4.40. The van der Waals surface area contributed by atoms with Crippen molar-refractivity contribution < 1.29 is 14.4 Å². The summed E-state index contributed by atoms with van der Waals surface area (Å²) in [6.45, 7) is 3.95. The van der Waals surface area contributed by atoms with Crippen LogP contribution in [0.4, 0.5) is 10.8 Å². The molecule has 1 atom stereocenters. The molecule has 3 aromatic carbocycles. The number of thioether (sulfide) groups is 1. The van der Waals surface area contributed by atoms with E-state index in [9.17, 15) is 14.4 Å². The highest BCUT2D eigenvalue weighted by atomic mass is 32.2. The van der Waals surface area contributed by atoms with E-state index in [2.05, 4.69) is 25.9 Å². The van der Waals surface area contributed by atoms with E-state index in [0.717, 1.165) is 21.0 Å². The first-order valence-electron chi connectivity index (χ1n) is 14.3. The first-order chi connectivity index (χ1) is 21.9. The lowest BCUT2D eigenvalue weighted by Gasteiger charge is -2.15. The number of hydrogen-bond donors (Lipinski definition) is 3. The van der Waals surface area contributed by atoms with Gasteiger partial charge in [0.05, 0.1) is 10.9 Å². The molecule has 5 rings (SSSR count). The molecule has 0 aliphatic rings. The number of aryl methyl sites for hydroxylation is 1. The Labute approximate surface area is 270 Å². The number of thiazole rings is 1. The van der Waals surface area contributed by atoms with Gasteiger partial charge in [0.1, 0.15) is 5.70 Å². The lowest BCUT2D eigenvalue weighted by Crippen LogP contribution is -2.30. The third-order valence-corrected chi connectivity index (χ3v) is 8.88. The van der Waals surface area contributed by atoms with Crippen LogP contribution in [-0.2, 0) is 9.59 Å². The van der Waals surface area contributed by atoms with Crippen LogP contribution < -0.4 is 16.0 Å². The molecule has 0 saturated heterocycles. The summed E-state index contributed by atoms with van der Waals surface area (Å²) in [5.41, 5.74) is 3.53. The smallest absolute Gasteiger partial charge is 0.272 e. The molecule has 0 fully saturated rings.